The highest BCUT2D eigenvalue weighted by molar-refractivity contribution is 6.90. The smallest absolute Gasteiger partial charge is 0.393 e. The second kappa shape index (κ2) is 9.36. The van der Waals surface area contributed by atoms with Crippen LogP contribution in [-0.2, 0) is 25.5 Å². The predicted molar refractivity (Wildman–Crippen MR) is 111 cm³/mol. The maximum absolute atomic E-state index is 6.44. The zero-order valence-electron chi connectivity index (χ0n) is 18.2. The van der Waals surface area contributed by atoms with Gasteiger partial charge < -0.3 is 16.5 Å². The van der Waals surface area contributed by atoms with Gasteiger partial charge in [-0.25, -0.2) is 0 Å². The summed E-state index contributed by atoms with van der Waals surface area (Å²) in [5, 5.41) is 3.73. The van der Waals surface area contributed by atoms with Crippen LogP contribution in [0.5, 0.6) is 0 Å². The van der Waals surface area contributed by atoms with Gasteiger partial charge in [0.1, 0.15) is 0 Å². The Hall–Kier alpha value is 0.548. The van der Waals surface area contributed by atoms with Crippen molar-refractivity contribution >= 4 is 34.7 Å². The fourth-order valence-electron chi connectivity index (χ4n) is 3.12. The van der Waals surface area contributed by atoms with Crippen molar-refractivity contribution in [3.8, 4) is 0 Å². The van der Waals surface area contributed by atoms with E-state index in [1.54, 1.807) is 0 Å². The molecule has 0 spiro atoms. The quantitative estimate of drug-likeness (QED) is 0.420. The van der Waals surface area contributed by atoms with E-state index < -0.39 is 34.7 Å². The minimum absolute atomic E-state index is 0.759. The maximum Gasteiger partial charge on any atom is 0.496 e. The third kappa shape index (κ3) is 7.52. The molecule has 0 aliphatic carbocycles. The number of nitrogens with zero attached hydrogens (tertiary/aromatic N) is 2. The van der Waals surface area contributed by atoms with Crippen LogP contribution in [0.25, 0.3) is 0 Å². The van der Waals surface area contributed by atoms with Gasteiger partial charge in [0.25, 0.3) is 0 Å². The van der Waals surface area contributed by atoms with Crippen molar-refractivity contribution in [2.45, 2.75) is 67.0 Å². The number of hydroxylamine groups is 4. The summed E-state index contributed by atoms with van der Waals surface area (Å²) in [5.41, 5.74) is 0. The Morgan fingerprint density at radius 3 is 0.962 bits per heavy atom. The predicted octanol–water partition coefficient (Wildman–Crippen LogP) is 3.15. The Bertz CT molecular complexity index is 393. The largest absolute Gasteiger partial charge is 0.496 e. The normalized spacial score (nSPS) is 31.8. The van der Waals surface area contributed by atoms with Crippen molar-refractivity contribution in [2.24, 2.45) is 0 Å². The molecule has 1 rings (SSSR count). The van der Waals surface area contributed by atoms with E-state index in [2.05, 4.69) is 0 Å². The molecule has 0 bridgehead atoms. The fraction of sp³-hybridized carbons (Fsp3) is 1.00. The van der Waals surface area contributed by atoms with Gasteiger partial charge in [0, 0.05) is 39.3 Å². The molecule has 156 valence electrons. The highest BCUT2D eigenvalue weighted by Crippen LogP contribution is 2.32. The van der Waals surface area contributed by atoms with Crippen molar-refractivity contribution in [3.63, 3.8) is 0 Å². The standard InChI is InChI=1S/C14H38N2O6Si4/c1-11-15(12-2)17-25(9)19-23(5,6)21-26(10,18-16(13-3)14-4)22-24(7,8)20-25/h11-14H2,1-10H3. The molecule has 0 saturated carbocycles. The highest BCUT2D eigenvalue weighted by atomic mass is 28.5. The molecule has 0 aromatic heterocycles. The average molecular weight is 443 g/mol. The summed E-state index contributed by atoms with van der Waals surface area (Å²) >= 11 is 0. The summed E-state index contributed by atoms with van der Waals surface area (Å²) in [6, 6.07) is 0. The second-order valence-corrected chi connectivity index (χ2v) is 20.0. The van der Waals surface area contributed by atoms with Crippen molar-refractivity contribution in [1.82, 2.24) is 10.1 Å². The lowest BCUT2D eigenvalue weighted by molar-refractivity contribution is -0.112. The molecule has 0 radical (unpaired) electrons. The van der Waals surface area contributed by atoms with Crippen LogP contribution in [0.3, 0.4) is 0 Å². The van der Waals surface area contributed by atoms with Crippen LogP contribution in [-0.4, -0.2) is 71.0 Å². The summed E-state index contributed by atoms with van der Waals surface area (Å²) in [4.78, 5) is 0. The van der Waals surface area contributed by atoms with Gasteiger partial charge in [0.2, 0.25) is 0 Å². The monoisotopic (exact) mass is 442 g/mol. The molecule has 1 aliphatic heterocycles. The van der Waals surface area contributed by atoms with E-state index in [0.717, 1.165) is 26.2 Å². The van der Waals surface area contributed by atoms with Crippen LogP contribution in [0.2, 0.25) is 39.3 Å². The van der Waals surface area contributed by atoms with Crippen molar-refractivity contribution in [2.75, 3.05) is 26.2 Å². The summed E-state index contributed by atoms with van der Waals surface area (Å²) in [5.74, 6) is 0. The van der Waals surface area contributed by atoms with Crippen LogP contribution >= 0.6 is 0 Å². The summed E-state index contributed by atoms with van der Waals surface area (Å²) in [7, 11) is -11.1. The minimum atomic E-state index is -2.96. The molecule has 1 fully saturated rings. The van der Waals surface area contributed by atoms with Crippen LogP contribution in [0.15, 0.2) is 0 Å². The third-order valence-corrected chi connectivity index (χ3v) is 18.7. The summed E-state index contributed by atoms with van der Waals surface area (Å²) < 4.78 is 38.1. The summed E-state index contributed by atoms with van der Waals surface area (Å²) in [6.45, 7) is 23.0. The van der Waals surface area contributed by atoms with Gasteiger partial charge in [-0.15, -0.1) is 0 Å². The topological polar surface area (TPSA) is 61.9 Å². The van der Waals surface area contributed by atoms with Gasteiger partial charge in [-0.1, -0.05) is 27.7 Å². The summed E-state index contributed by atoms with van der Waals surface area (Å²) in [6.07, 6.45) is 0. The van der Waals surface area contributed by atoms with E-state index in [0.29, 0.717) is 0 Å². The zero-order valence-corrected chi connectivity index (χ0v) is 22.2. The van der Waals surface area contributed by atoms with Crippen LogP contribution in [0.1, 0.15) is 27.7 Å². The van der Waals surface area contributed by atoms with Gasteiger partial charge >= 0.3 is 34.7 Å². The van der Waals surface area contributed by atoms with E-state index in [1.807, 2.05) is 77.1 Å². The lowest BCUT2D eigenvalue weighted by Crippen LogP contribution is -2.69. The maximum atomic E-state index is 6.44. The highest BCUT2D eigenvalue weighted by Gasteiger charge is 2.58. The minimum Gasteiger partial charge on any atom is -0.393 e. The van der Waals surface area contributed by atoms with E-state index in [4.69, 9.17) is 25.5 Å². The molecule has 1 saturated heterocycles. The molecule has 0 unspecified atom stereocenters. The molecule has 1 heterocycles. The SMILES string of the molecule is CCN(CC)O[Si]1(C)O[Si](C)(C)O[Si](C)(ON(CC)CC)O[Si](C)(C)O1. The Morgan fingerprint density at radius 2 is 0.769 bits per heavy atom. The Balaban J connectivity index is 3.10. The first-order valence-corrected chi connectivity index (χ1v) is 19.6. The molecule has 1 aliphatic rings. The Kier molecular flexibility index (Phi) is 8.85. The lowest BCUT2D eigenvalue weighted by Gasteiger charge is -2.47. The van der Waals surface area contributed by atoms with E-state index >= 15 is 0 Å². The molecule has 12 heteroatoms. The Morgan fingerprint density at radius 1 is 0.538 bits per heavy atom. The number of rotatable bonds is 8. The molecule has 0 aromatic carbocycles. The van der Waals surface area contributed by atoms with E-state index in [-0.39, 0.29) is 0 Å². The third-order valence-electron chi connectivity index (χ3n) is 3.73. The number of hydrogen-bond donors (Lipinski definition) is 0. The molecule has 0 amide bonds. The first kappa shape index (κ1) is 24.6. The second-order valence-electron chi connectivity index (χ2n) is 7.34. The van der Waals surface area contributed by atoms with Crippen LogP contribution in [0, 0.1) is 0 Å². The average Bonchev–Trinajstić information content (AvgIpc) is 2.46. The van der Waals surface area contributed by atoms with Crippen molar-refractivity contribution in [3.05, 3.63) is 0 Å². The van der Waals surface area contributed by atoms with Crippen LogP contribution < -0.4 is 0 Å². The lowest BCUT2D eigenvalue weighted by atomic mass is 10.6. The van der Waals surface area contributed by atoms with E-state index in [9.17, 15) is 0 Å². The van der Waals surface area contributed by atoms with Gasteiger partial charge in [0.15, 0.2) is 0 Å². The first-order valence-electron chi connectivity index (χ1n) is 9.50. The van der Waals surface area contributed by atoms with Crippen molar-refractivity contribution in [1.29, 1.82) is 0 Å². The molecule has 0 atom stereocenters. The van der Waals surface area contributed by atoms with Gasteiger partial charge in [0.05, 0.1) is 0 Å². The molecule has 0 aromatic rings. The van der Waals surface area contributed by atoms with Crippen molar-refractivity contribution < 1.29 is 25.5 Å². The molecular weight excluding hydrogens is 405 g/mol. The van der Waals surface area contributed by atoms with Gasteiger partial charge in [-0.05, 0) is 26.2 Å². The molecule has 26 heavy (non-hydrogen) atoms. The zero-order chi connectivity index (χ0) is 20.2. The van der Waals surface area contributed by atoms with Gasteiger partial charge in [-0.3, -0.25) is 9.05 Å². The first-order chi connectivity index (χ1) is 11.8. The molecule has 8 nitrogen and oxygen atoms in total. The van der Waals surface area contributed by atoms with E-state index in [1.165, 1.54) is 0 Å². The van der Waals surface area contributed by atoms with Crippen LogP contribution in [0.4, 0.5) is 0 Å². The Labute approximate surface area is 163 Å². The van der Waals surface area contributed by atoms with Gasteiger partial charge in [-0.2, -0.15) is 10.1 Å². The molecule has 0 N–H and O–H groups in total. The fourth-order valence-corrected chi connectivity index (χ4v) is 21.6. The number of hydrogen-bond acceptors (Lipinski definition) is 8. The molecular formula is C14H38N2O6Si4.